The highest BCUT2D eigenvalue weighted by molar-refractivity contribution is 5.95. The number of carbonyl (C=O) groups excluding carboxylic acids is 1. The van der Waals surface area contributed by atoms with Crippen molar-refractivity contribution in [3.63, 3.8) is 0 Å². The van der Waals surface area contributed by atoms with Gasteiger partial charge in [-0.2, -0.15) is 0 Å². The molecule has 0 saturated carbocycles. The van der Waals surface area contributed by atoms with E-state index in [1.165, 1.54) is 12.1 Å². The number of aliphatic hydroxyl groups excluding tert-OH is 1. The van der Waals surface area contributed by atoms with Gasteiger partial charge in [-0.05, 0) is 55.8 Å². The Bertz CT molecular complexity index is 1410. The summed E-state index contributed by atoms with van der Waals surface area (Å²) < 4.78 is 25.6. The molecule has 1 aliphatic heterocycles. The number of halogens is 1. The number of aliphatic hydroxyl groups is 1. The molecule has 12 heteroatoms. The number of anilines is 2. The Morgan fingerprint density at radius 1 is 1.15 bits per heavy atom. The van der Waals surface area contributed by atoms with Gasteiger partial charge in [0.2, 0.25) is 18.1 Å². The predicted molar refractivity (Wildman–Crippen MR) is 141 cm³/mol. The van der Waals surface area contributed by atoms with Gasteiger partial charge in [0.25, 0.3) is 0 Å². The molecule has 0 spiro atoms. The summed E-state index contributed by atoms with van der Waals surface area (Å²) in [7, 11) is 0. The Balaban J connectivity index is 1.38. The molecule has 4 heterocycles. The number of ether oxygens (including phenoxy) is 2. The number of aromatic amines is 1. The minimum Gasteiger partial charge on any atom is -0.396 e. The maximum absolute atomic E-state index is 13.6. The van der Waals surface area contributed by atoms with E-state index in [1.807, 2.05) is 0 Å². The summed E-state index contributed by atoms with van der Waals surface area (Å²) in [5.41, 5.74) is 1.97. The molecule has 39 heavy (non-hydrogen) atoms. The van der Waals surface area contributed by atoms with Gasteiger partial charge in [0, 0.05) is 31.1 Å². The van der Waals surface area contributed by atoms with E-state index in [4.69, 9.17) is 19.6 Å². The molecular formula is C27H28FN7O4. The number of nitrogens with zero attached hydrogens (tertiary/aromatic N) is 4. The zero-order valence-electron chi connectivity index (χ0n) is 21.2. The van der Waals surface area contributed by atoms with Crippen molar-refractivity contribution in [3.8, 4) is 22.6 Å². The van der Waals surface area contributed by atoms with Crippen molar-refractivity contribution in [3.05, 3.63) is 72.7 Å². The number of pyridine rings is 1. The summed E-state index contributed by atoms with van der Waals surface area (Å²) in [6.07, 6.45) is 4.50. The summed E-state index contributed by atoms with van der Waals surface area (Å²) in [4.78, 5) is 33.7. The maximum Gasteiger partial charge on any atom is 0.235 e. The third kappa shape index (κ3) is 6.08. The second-order valence-corrected chi connectivity index (χ2v) is 9.33. The van der Waals surface area contributed by atoms with E-state index in [1.54, 1.807) is 55.8 Å². The SMILES string of the molecule is CC1(C(=O)Nc2cccnc2)COC(c2nc(-c3ccc(F)cc3)c(-c3ccnc(NCCCO)n3)[nH]2)OC1. The van der Waals surface area contributed by atoms with Gasteiger partial charge in [-0.15, -0.1) is 0 Å². The van der Waals surface area contributed by atoms with Gasteiger partial charge in [-0.25, -0.2) is 19.3 Å². The number of amides is 1. The second-order valence-electron chi connectivity index (χ2n) is 9.33. The summed E-state index contributed by atoms with van der Waals surface area (Å²) >= 11 is 0. The number of nitrogens with one attached hydrogen (secondary N) is 3. The van der Waals surface area contributed by atoms with Gasteiger partial charge in [0.05, 0.1) is 47.6 Å². The van der Waals surface area contributed by atoms with Crippen LogP contribution in [0, 0.1) is 11.2 Å². The van der Waals surface area contributed by atoms with Crippen molar-refractivity contribution in [2.24, 2.45) is 5.41 Å². The lowest BCUT2D eigenvalue weighted by molar-refractivity contribution is -0.229. The highest BCUT2D eigenvalue weighted by Gasteiger charge is 2.41. The molecular weight excluding hydrogens is 505 g/mol. The van der Waals surface area contributed by atoms with Crippen LogP contribution in [0.5, 0.6) is 0 Å². The van der Waals surface area contributed by atoms with Crippen LogP contribution in [0.25, 0.3) is 22.6 Å². The summed E-state index contributed by atoms with van der Waals surface area (Å²) in [6, 6.07) is 11.2. The minimum absolute atomic E-state index is 0.0525. The Kier molecular flexibility index (Phi) is 7.87. The number of imidazole rings is 1. The number of rotatable bonds is 9. The lowest BCUT2D eigenvalue weighted by atomic mass is 9.91. The van der Waals surface area contributed by atoms with Gasteiger partial charge < -0.3 is 30.2 Å². The molecule has 5 rings (SSSR count). The van der Waals surface area contributed by atoms with Crippen LogP contribution in [0.15, 0.2) is 61.1 Å². The van der Waals surface area contributed by atoms with Crippen LogP contribution in [0.3, 0.4) is 0 Å². The van der Waals surface area contributed by atoms with E-state index in [2.05, 4.69) is 30.6 Å². The van der Waals surface area contributed by atoms with Crippen LogP contribution in [-0.4, -0.2) is 62.3 Å². The largest absolute Gasteiger partial charge is 0.396 e. The fourth-order valence-electron chi connectivity index (χ4n) is 3.98. The number of benzene rings is 1. The molecule has 0 aliphatic carbocycles. The molecule has 1 saturated heterocycles. The van der Waals surface area contributed by atoms with Crippen molar-refractivity contribution >= 4 is 17.5 Å². The highest BCUT2D eigenvalue weighted by atomic mass is 19.1. The van der Waals surface area contributed by atoms with E-state index < -0.39 is 11.7 Å². The first-order valence-electron chi connectivity index (χ1n) is 12.4. The fourth-order valence-corrected chi connectivity index (χ4v) is 3.98. The Morgan fingerprint density at radius 3 is 2.67 bits per heavy atom. The topological polar surface area (TPSA) is 147 Å². The summed E-state index contributed by atoms with van der Waals surface area (Å²) in [6.45, 7) is 2.52. The quantitative estimate of drug-likeness (QED) is 0.237. The first kappa shape index (κ1) is 26.4. The molecule has 11 nitrogen and oxygen atoms in total. The lowest BCUT2D eigenvalue weighted by Crippen LogP contribution is -2.45. The standard InChI is InChI=1S/C27H28FN7O4/c1-27(25(37)32-19-4-2-10-29-14-19)15-38-24(39-16-27)23-34-21(17-5-7-18(28)8-6-17)22(35-23)20-9-12-31-26(33-20)30-11-3-13-36/h2,4-10,12,14,24,36H,3,11,13,15-16H2,1H3,(H,32,37)(H,34,35)(H,30,31,33). The molecule has 0 bridgehead atoms. The van der Waals surface area contributed by atoms with Crippen molar-refractivity contribution in [1.29, 1.82) is 0 Å². The number of H-pyrrole nitrogens is 1. The first-order valence-corrected chi connectivity index (χ1v) is 12.4. The number of aromatic nitrogens is 5. The van der Waals surface area contributed by atoms with Crippen molar-refractivity contribution < 1.29 is 23.8 Å². The Labute approximate surface area is 223 Å². The lowest BCUT2D eigenvalue weighted by Gasteiger charge is -2.35. The zero-order valence-corrected chi connectivity index (χ0v) is 21.2. The molecule has 1 amide bonds. The number of hydrogen-bond donors (Lipinski definition) is 4. The molecule has 4 N–H and O–H groups in total. The van der Waals surface area contributed by atoms with Gasteiger partial charge in [0.15, 0.2) is 5.82 Å². The first-order chi connectivity index (χ1) is 18.9. The molecule has 0 radical (unpaired) electrons. The third-order valence-corrected chi connectivity index (χ3v) is 6.17. The smallest absolute Gasteiger partial charge is 0.235 e. The predicted octanol–water partition coefficient (Wildman–Crippen LogP) is 3.55. The van der Waals surface area contributed by atoms with E-state index >= 15 is 0 Å². The average Bonchev–Trinajstić information content (AvgIpc) is 3.40. The van der Waals surface area contributed by atoms with E-state index in [-0.39, 0.29) is 31.5 Å². The van der Waals surface area contributed by atoms with Crippen LogP contribution >= 0.6 is 0 Å². The number of carbonyl (C=O) groups is 1. The molecule has 4 aromatic rings. The van der Waals surface area contributed by atoms with Crippen LogP contribution in [0.2, 0.25) is 0 Å². The normalized spacial score (nSPS) is 19.0. The monoisotopic (exact) mass is 533 g/mol. The van der Waals surface area contributed by atoms with Crippen molar-refractivity contribution in [2.45, 2.75) is 19.6 Å². The summed E-state index contributed by atoms with van der Waals surface area (Å²) in [5, 5.41) is 15.0. The molecule has 3 aromatic heterocycles. The van der Waals surface area contributed by atoms with Crippen LogP contribution < -0.4 is 10.6 Å². The van der Waals surface area contributed by atoms with Crippen molar-refractivity contribution in [2.75, 3.05) is 37.0 Å². The van der Waals surface area contributed by atoms with Crippen LogP contribution in [0.4, 0.5) is 16.0 Å². The Hall–Kier alpha value is -4.26. The van der Waals surface area contributed by atoms with E-state index in [9.17, 15) is 9.18 Å². The second kappa shape index (κ2) is 11.6. The fraction of sp³-hybridized carbons (Fsp3) is 0.296. The summed E-state index contributed by atoms with van der Waals surface area (Å²) in [5.74, 6) is 0.162. The molecule has 202 valence electrons. The van der Waals surface area contributed by atoms with Crippen molar-refractivity contribution in [1.82, 2.24) is 24.9 Å². The molecule has 0 atom stereocenters. The van der Waals surface area contributed by atoms with Gasteiger partial charge in [0.1, 0.15) is 5.82 Å². The minimum atomic E-state index is -0.927. The van der Waals surface area contributed by atoms with E-state index in [0.717, 1.165) is 0 Å². The molecule has 1 fully saturated rings. The molecule has 0 unspecified atom stereocenters. The highest BCUT2D eigenvalue weighted by Crippen LogP contribution is 2.36. The zero-order chi connectivity index (χ0) is 27.2. The molecule has 1 aliphatic rings. The third-order valence-electron chi connectivity index (χ3n) is 6.17. The van der Waals surface area contributed by atoms with Gasteiger partial charge in [-0.1, -0.05) is 0 Å². The van der Waals surface area contributed by atoms with E-state index in [0.29, 0.717) is 53.1 Å². The van der Waals surface area contributed by atoms with Gasteiger partial charge >= 0.3 is 0 Å². The average molecular weight is 534 g/mol. The van der Waals surface area contributed by atoms with Crippen LogP contribution in [-0.2, 0) is 14.3 Å². The maximum atomic E-state index is 13.6. The Morgan fingerprint density at radius 2 is 1.95 bits per heavy atom. The molecule has 1 aromatic carbocycles. The number of hydrogen-bond acceptors (Lipinski definition) is 9. The van der Waals surface area contributed by atoms with Gasteiger partial charge in [-0.3, -0.25) is 9.78 Å². The van der Waals surface area contributed by atoms with Crippen LogP contribution in [0.1, 0.15) is 25.5 Å².